The van der Waals surface area contributed by atoms with Gasteiger partial charge in [-0.1, -0.05) is 6.42 Å². The van der Waals surface area contributed by atoms with Gasteiger partial charge in [0.1, 0.15) is 0 Å². The number of ether oxygens (including phenoxy) is 2. The van der Waals surface area contributed by atoms with E-state index in [9.17, 15) is 4.79 Å². The summed E-state index contributed by atoms with van der Waals surface area (Å²) in [5, 5.41) is 0. The molecule has 2 aliphatic rings. The molecule has 2 heterocycles. The second-order valence-electron chi connectivity index (χ2n) is 5.62. The minimum Gasteiger partial charge on any atom is -0.467 e. The molecule has 19 heavy (non-hydrogen) atoms. The molecule has 0 radical (unpaired) electrons. The second-order valence-corrected chi connectivity index (χ2v) is 5.62. The lowest BCUT2D eigenvalue weighted by Gasteiger charge is -2.37. The molecule has 0 bridgehead atoms. The van der Waals surface area contributed by atoms with Gasteiger partial charge in [0.15, 0.2) is 6.10 Å². The lowest BCUT2D eigenvalue weighted by molar-refractivity contribution is -0.166. The third-order valence-electron chi connectivity index (χ3n) is 3.98. The zero-order valence-electron chi connectivity index (χ0n) is 12.1. The molecule has 0 saturated carbocycles. The molecule has 0 aromatic heterocycles. The fourth-order valence-electron chi connectivity index (χ4n) is 2.95. The first-order chi connectivity index (χ1) is 9.19. The first-order valence-corrected chi connectivity index (χ1v) is 7.37. The van der Waals surface area contributed by atoms with Crippen LogP contribution in [0.15, 0.2) is 0 Å². The number of hydrogen-bond acceptors (Lipinski definition) is 5. The Morgan fingerprint density at radius 3 is 2.53 bits per heavy atom. The highest BCUT2D eigenvalue weighted by molar-refractivity contribution is 5.74. The Bertz CT molecular complexity index is 292. The molecule has 0 unspecified atom stereocenters. The summed E-state index contributed by atoms with van der Waals surface area (Å²) in [5.41, 5.74) is 0. The van der Waals surface area contributed by atoms with E-state index in [-0.39, 0.29) is 12.1 Å². The predicted molar refractivity (Wildman–Crippen MR) is 73.1 cm³/mol. The molecule has 110 valence electrons. The average molecular weight is 270 g/mol. The molecule has 5 heteroatoms. The van der Waals surface area contributed by atoms with E-state index in [1.54, 1.807) is 0 Å². The Balaban J connectivity index is 1.77. The number of rotatable bonds is 4. The monoisotopic (exact) mass is 270 g/mol. The van der Waals surface area contributed by atoms with Crippen LogP contribution < -0.4 is 0 Å². The SMILES string of the molecule is COC(=O)[C@H]1CN(CCN2CCCCC2)C[C@@H](C)O1. The number of esters is 1. The van der Waals surface area contributed by atoms with Crippen molar-refractivity contribution in [3.63, 3.8) is 0 Å². The molecule has 0 amide bonds. The Labute approximate surface area is 115 Å². The van der Waals surface area contributed by atoms with E-state index >= 15 is 0 Å². The van der Waals surface area contributed by atoms with Gasteiger partial charge in [-0.15, -0.1) is 0 Å². The van der Waals surface area contributed by atoms with E-state index in [1.165, 1.54) is 39.5 Å². The zero-order chi connectivity index (χ0) is 13.7. The number of hydrogen-bond donors (Lipinski definition) is 0. The van der Waals surface area contributed by atoms with Gasteiger partial charge in [-0.3, -0.25) is 4.90 Å². The molecule has 2 saturated heterocycles. The maximum Gasteiger partial charge on any atom is 0.336 e. The third kappa shape index (κ3) is 4.44. The first kappa shape index (κ1) is 14.8. The minimum atomic E-state index is -0.421. The van der Waals surface area contributed by atoms with E-state index in [2.05, 4.69) is 9.80 Å². The maximum atomic E-state index is 11.6. The minimum absolute atomic E-state index is 0.0965. The van der Waals surface area contributed by atoms with E-state index in [4.69, 9.17) is 9.47 Å². The molecule has 0 aromatic carbocycles. The van der Waals surface area contributed by atoms with Crippen LogP contribution in [0.4, 0.5) is 0 Å². The summed E-state index contributed by atoms with van der Waals surface area (Å²) < 4.78 is 10.4. The number of morpholine rings is 1. The molecule has 2 fully saturated rings. The molecule has 2 atom stereocenters. The standard InChI is InChI=1S/C14H26N2O3/c1-12-10-16(11-13(19-12)14(17)18-2)9-8-15-6-4-3-5-7-15/h12-13H,3-11H2,1-2H3/t12-,13-/m1/s1. The van der Waals surface area contributed by atoms with Crippen molar-refractivity contribution in [3.8, 4) is 0 Å². The van der Waals surface area contributed by atoms with Crippen molar-refractivity contribution >= 4 is 5.97 Å². The van der Waals surface area contributed by atoms with Gasteiger partial charge < -0.3 is 14.4 Å². The third-order valence-corrected chi connectivity index (χ3v) is 3.98. The van der Waals surface area contributed by atoms with Gasteiger partial charge in [0, 0.05) is 26.2 Å². The Hall–Kier alpha value is -0.650. The summed E-state index contributed by atoms with van der Waals surface area (Å²) >= 11 is 0. The fraction of sp³-hybridized carbons (Fsp3) is 0.929. The predicted octanol–water partition coefficient (Wildman–Crippen LogP) is 0.735. The van der Waals surface area contributed by atoms with Crippen molar-refractivity contribution in [1.82, 2.24) is 9.80 Å². The highest BCUT2D eigenvalue weighted by Gasteiger charge is 2.31. The van der Waals surface area contributed by atoms with Crippen LogP contribution in [0.25, 0.3) is 0 Å². The van der Waals surface area contributed by atoms with Gasteiger partial charge >= 0.3 is 5.97 Å². The van der Waals surface area contributed by atoms with Crippen molar-refractivity contribution in [1.29, 1.82) is 0 Å². The van der Waals surface area contributed by atoms with Crippen LogP contribution in [0.1, 0.15) is 26.2 Å². The van der Waals surface area contributed by atoms with Crippen LogP contribution in [-0.2, 0) is 14.3 Å². The number of piperidine rings is 1. The Morgan fingerprint density at radius 2 is 1.84 bits per heavy atom. The second kappa shape index (κ2) is 7.22. The molecule has 0 aromatic rings. The van der Waals surface area contributed by atoms with Gasteiger partial charge in [0.25, 0.3) is 0 Å². The van der Waals surface area contributed by atoms with E-state index in [0.29, 0.717) is 6.54 Å². The topological polar surface area (TPSA) is 42.0 Å². The quantitative estimate of drug-likeness (QED) is 0.705. The molecule has 0 N–H and O–H groups in total. The molecule has 0 spiro atoms. The summed E-state index contributed by atoms with van der Waals surface area (Å²) in [7, 11) is 1.42. The number of carbonyl (C=O) groups excluding carboxylic acids is 1. The summed E-state index contributed by atoms with van der Waals surface area (Å²) in [5.74, 6) is -0.255. The van der Waals surface area contributed by atoms with Crippen molar-refractivity contribution in [2.45, 2.75) is 38.4 Å². The van der Waals surface area contributed by atoms with Crippen LogP contribution in [0.5, 0.6) is 0 Å². The van der Waals surface area contributed by atoms with Crippen LogP contribution in [0.3, 0.4) is 0 Å². The lowest BCUT2D eigenvalue weighted by atomic mass is 10.1. The highest BCUT2D eigenvalue weighted by Crippen LogP contribution is 2.13. The van der Waals surface area contributed by atoms with Crippen molar-refractivity contribution in [3.05, 3.63) is 0 Å². The van der Waals surface area contributed by atoms with E-state index < -0.39 is 6.10 Å². The largest absolute Gasteiger partial charge is 0.467 e. The summed E-state index contributed by atoms with van der Waals surface area (Å²) in [6.45, 7) is 8.14. The summed E-state index contributed by atoms with van der Waals surface area (Å²) in [4.78, 5) is 16.4. The van der Waals surface area contributed by atoms with E-state index in [1.807, 2.05) is 6.92 Å². The summed E-state index contributed by atoms with van der Waals surface area (Å²) in [6.07, 6.45) is 3.69. The van der Waals surface area contributed by atoms with E-state index in [0.717, 1.165) is 19.6 Å². The number of nitrogens with zero attached hydrogens (tertiary/aromatic N) is 2. The number of likely N-dealkylation sites (tertiary alicyclic amines) is 1. The van der Waals surface area contributed by atoms with Crippen LogP contribution in [0.2, 0.25) is 0 Å². The van der Waals surface area contributed by atoms with Crippen molar-refractivity contribution in [2.75, 3.05) is 46.4 Å². The first-order valence-electron chi connectivity index (χ1n) is 7.37. The molecule has 2 rings (SSSR count). The van der Waals surface area contributed by atoms with Gasteiger partial charge in [0.2, 0.25) is 0 Å². The number of carbonyl (C=O) groups is 1. The zero-order valence-corrected chi connectivity index (χ0v) is 12.1. The van der Waals surface area contributed by atoms with Gasteiger partial charge in [-0.25, -0.2) is 4.79 Å². The van der Waals surface area contributed by atoms with Crippen LogP contribution in [-0.4, -0.2) is 74.4 Å². The average Bonchev–Trinajstić information content (AvgIpc) is 2.45. The van der Waals surface area contributed by atoms with Gasteiger partial charge in [-0.2, -0.15) is 0 Å². The smallest absolute Gasteiger partial charge is 0.336 e. The maximum absolute atomic E-state index is 11.6. The molecule has 2 aliphatic heterocycles. The molecule has 5 nitrogen and oxygen atoms in total. The normalized spacial score (nSPS) is 30.2. The van der Waals surface area contributed by atoms with Crippen LogP contribution >= 0.6 is 0 Å². The molecule has 0 aliphatic carbocycles. The molecular weight excluding hydrogens is 244 g/mol. The number of methoxy groups -OCH3 is 1. The Kier molecular flexibility index (Phi) is 5.60. The molecular formula is C14H26N2O3. The van der Waals surface area contributed by atoms with Gasteiger partial charge in [0.05, 0.1) is 13.2 Å². The van der Waals surface area contributed by atoms with Crippen LogP contribution in [0, 0.1) is 0 Å². The Morgan fingerprint density at radius 1 is 1.16 bits per heavy atom. The lowest BCUT2D eigenvalue weighted by Crippen LogP contribution is -2.51. The van der Waals surface area contributed by atoms with Crippen molar-refractivity contribution in [2.24, 2.45) is 0 Å². The van der Waals surface area contributed by atoms with Gasteiger partial charge in [-0.05, 0) is 32.9 Å². The summed E-state index contributed by atoms with van der Waals surface area (Å²) in [6, 6.07) is 0. The fourth-order valence-corrected chi connectivity index (χ4v) is 2.95. The van der Waals surface area contributed by atoms with Crippen molar-refractivity contribution < 1.29 is 14.3 Å². The highest BCUT2D eigenvalue weighted by atomic mass is 16.6.